The smallest absolute Gasteiger partial charge is 0.227 e. The summed E-state index contributed by atoms with van der Waals surface area (Å²) in [5.74, 6) is 0.251. The van der Waals surface area contributed by atoms with Crippen molar-refractivity contribution in [3.8, 4) is 0 Å². The second-order valence-electron chi connectivity index (χ2n) is 4.64. The van der Waals surface area contributed by atoms with E-state index < -0.39 is 0 Å². The van der Waals surface area contributed by atoms with Crippen LogP contribution in [0.1, 0.15) is 37.7 Å². The number of aliphatic hydroxyl groups is 1. The van der Waals surface area contributed by atoms with Crippen molar-refractivity contribution in [2.24, 2.45) is 5.92 Å². The molecule has 1 amide bonds. The van der Waals surface area contributed by atoms with Gasteiger partial charge in [-0.1, -0.05) is 37.5 Å². The molecule has 1 aliphatic rings. The maximum absolute atomic E-state index is 12.0. The normalized spacial score (nSPS) is 16.8. The SMILES string of the molecule is O=C(Nc1ccccc1CO)C1CCCCC1. The van der Waals surface area contributed by atoms with Gasteiger partial charge >= 0.3 is 0 Å². The number of hydrogen-bond donors (Lipinski definition) is 2. The predicted octanol–water partition coefficient (Wildman–Crippen LogP) is 2.70. The molecule has 0 aliphatic heterocycles. The summed E-state index contributed by atoms with van der Waals surface area (Å²) >= 11 is 0. The number of nitrogens with one attached hydrogen (secondary N) is 1. The van der Waals surface area contributed by atoms with Crippen LogP contribution in [0.4, 0.5) is 5.69 Å². The number of rotatable bonds is 3. The van der Waals surface area contributed by atoms with Gasteiger partial charge in [-0.25, -0.2) is 0 Å². The van der Waals surface area contributed by atoms with Crippen LogP contribution >= 0.6 is 0 Å². The van der Waals surface area contributed by atoms with Crippen molar-refractivity contribution in [2.45, 2.75) is 38.7 Å². The van der Waals surface area contributed by atoms with Gasteiger partial charge in [0.15, 0.2) is 0 Å². The minimum atomic E-state index is -0.0406. The summed E-state index contributed by atoms with van der Waals surface area (Å²) in [7, 11) is 0. The van der Waals surface area contributed by atoms with Gasteiger partial charge in [0.1, 0.15) is 0 Å². The second kappa shape index (κ2) is 5.82. The molecule has 3 nitrogen and oxygen atoms in total. The van der Waals surface area contributed by atoms with E-state index in [0.29, 0.717) is 0 Å². The third-order valence-electron chi connectivity index (χ3n) is 3.42. The summed E-state index contributed by atoms with van der Waals surface area (Å²) in [6, 6.07) is 7.40. The number of carbonyl (C=O) groups is 1. The van der Waals surface area contributed by atoms with E-state index in [-0.39, 0.29) is 18.4 Å². The van der Waals surface area contributed by atoms with E-state index in [9.17, 15) is 9.90 Å². The molecule has 1 aromatic carbocycles. The molecule has 1 aliphatic carbocycles. The molecule has 92 valence electrons. The van der Waals surface area contributed by atoms with Gasteiger partial charge in [-0.3, -0.25) is 4.79 Å². The molecule has 0 radical (unpaired) electrons. The van der Waals surface area contributed by atoms with E-state index in [1.807, 2.05) is 24.3 Å². The summed E-state index contributed by atoms with van der Waals surface area (Å²) in [6.07, 6.45) is 5.54. The Balaban J connectivity index is 2.01. The van der Waals surface area contributed by atoms with Crippen molar-refractivity contribution < 1.29 is 9.90 Å². The first-order valence-corrected chi connectivity index (χ1v) is 6.31. The zero-order valence-corrected chi connectivity index (χ0v) is 9.98. The van der Waals surface area contributed by atoms with Crippen LogP contribution in [0.5, 0.6) is 0 Å². The lowest BCUT2D eigenvalue weighted by Gasteiger charge is -2.21. The number of hydrogen-bond acceptors (Lipinski definition) is 2. The lowest BCUT2D eigenvalue weighted by Crippen LogP contribution is -2.25. The van der Waals surface area contributed by atoms with E-state index in [1.54, 1.807) is 0 Å². The molecule has 0 atom stereocenters. The van der Waals surface area contributed by atoms with Gasteiger partial charge < -0.3 is 10.4 Å². The monoisotopic (exact) mass is 233 g/mol. The molecule has 0 heterocycles. The largest absolute Gasteiger partial charge is 0.392 e. The van der Waals surface area contributed by atoms with Gasteiger partial charge in [-0.2, -0.15) is 0 Å². The van der Waals surface area contributed by atoms with Crippen molar-refractivity contribution in [3.63, 3.8) is 0 Å². The first kappa shape index (κ1) is 12.1. The average molecular weight is 233 g/mol. The second-order valence-corrected chi connectivity index (χ2v) is 4.64. The van der Waals surface area contributed by atoms with Crippen LogP contribution < -0.4 is 5.32 Å². The fourth-order valence-corrected chi connectivity index (χ4v) is 2.38. The van der Waals surface area contributed by atoms with Gasteiger partial charge in [0, 0.05) is 17.2 Å². The van der Waals surface area contributed by atoms with Crippen molar-refractivity contribution in [1.82, 2.24) is 0 Å². The van der Waals surface area contributed by atoms with Crippen molar-refractivity contribution in [3.05, 3.63) is 29.8 Å². The Bertz CT molecular complexity index is 384. The maximum Gasteiger partial charge on any atom is 0.227 e. The van der Waals surface area contributed by atoms with Crippen molar-refractivity contribution in [1.29, 1.82) is 0 Å². The number of amides is 1. The average Bonchev–Trinajstić information content (AvgIpc) is 2.40. The first-order valence-electron chi connectivity index (χ1n) is 6.31. The summed E-state index contributed by atoms with van der Waals surface area (Å²) < 4.78 is 0. The van der Waals surface area contributed by atoms with E-state index in [1.165, 1.54) is 6.42 Å². The minimum absolute atomic E-state index is 0.0406. The molecule has 2 N–H and O–H groups in total. The molecule has 0 aromatic heterocycles. The summed E-state index contributed by atoms with van der Waals surface area (Å²) in [6.45, 7) is -0.0406. The van der Waals surface area contributed by atoms with E-state index >= 15 is 0 Å². The molecule has 3 heteroatoms. The molecule has 0 saturated heterocycles. The van der Waals surface area contributed by atoms with Crippen LogP contribution in [-0.2, 0) is 11.4 Å². The van der Waals surface area contributed by atoms with E-state index in [0.717, 1.165) is 36.9 Å². The molecule has 0 bridgehead atoms. The third kappa shape index (κ3) is 3.07. The zero-order chi connectivity index (χ0) is 12.1. The van der Waals surface area contributed by atoms with E-state index in [2.05, 4.69) is 5.32 Å². The van der Waals surface area contributed by atoms with Crippen LogP contribution in [-0.4, -0.2) is 11.0 Å². The number of carbonyl (C=O) groups excluding carboxylic acids is 1. The Morgan fingerprint density at radius 2 is 1.94 bits per heavy atom. The number of benzene rings is 1. The first-order chi connectivity index (χ1) is 8.31. The molecule has 1 aromatic rings. The highest BCUT2D eigenvalue weighted by Gasteiger charge is 2.21. The topological polar surface area (TPSA) is 49.3 Å². The Kier molecular flexibility index (Phi) is 4.15. The van der Waals surface area contributed by atoms with Crippen LogP contribution in [0.25, 0.3) is 0 Å². The molecule has 1 fully saturated rings. The molecular formula is C14H19NO2. The Labute approximate surface area is 102 Å². The molecule has 1 saturated carbocycles. The lowest BCUT2D eigenvalue weighted by atomic mass is 9.88. The van der Waals surface area contributed by atoms with Crippen molar-refractivity contribution >= 4 is 11.6 Å². The number of para-hydroxylation sites is 1. The third-order valence-corrected chi connectivity index (χ3v) is 3.42. The van der Waals surface area contributed by atoms with Crippen LogP contribution in [0.3, 0.4) is 0 Å². The summed E-state index contributed by atoms with van der Waals surface area (Å²) in [5.41, 5.74) is 1.52. The number of anilines is 1. The highest BCUT2D eigenvalue weighted by molar-refractivity contribution is 5.93. The molecule has 0 spiro atoms. The summed E-state index contributed by atoms with van der Waals surface area (Å²) in [5, 5.41) is 12.1. The van der Waals surface area contributed by atoms with Gasteiger partial charge in [0.2, 0.25) is 5.91 Å². The number of aliphatic hydroxyl groups excluding tert-OH is 1. The van der Waals surface area contributed by atoms with Gasteiger partial charge in [-0.05, 0) is 18.9 Å². The predicted molar refractivity (Wildman–Crippen MR) is 67.6 cm³/mol. The molecular weight excluding hydrogens is 214 g/mol. The highest BCUT2D eigenvalue weighted by Crippen LogP contribution is 2.25. The zero-order valence-electron chi connectivity index (χ0n) is 9.98. The van der Waals surface area contributed by atoms with E-state index in [4.69, 9.17) is 0 Å². The quantitative estimate of drug-likeness (QED) is 0.843. The Hall–Kier alpha value is -1.35. The van der Waals surface area contributed by atoms with Gasteiger partial charge in [0.25, 0.3) is 0 Å². The molecule has 2 rings (SSSR count). The van der Waals surface area contributed by atoms with Gasteiger partial charge in [0.05, 0.1) is 6.61 Å². The highest BCUT2D eigenvalue weighted by atomic mass is 16.3. The minimum Gasteiger partial charge on any atom is -0.392 e. The standard InChI is InChI=1S/C14H19NO2/c16-10-12-8-4-5-9-13(12)15-14(17)11-6-2-1-3-7-11/h4-5,8-9,11,16H,1-3,6-7,10H2,(H,15,17). The van der Waals surface area contributed by atoms with Crippen LogP contribution in [0.2, 0.25) is 0 Å². The van der Waals surface area contributed by atoms with Crippen LogP contribution in [0.15, 0.2) is 24.3 Å². The molecule has 0 unspecified atom stereocenters. The molecule has 17 heavy (non-hydrogen) atoms. The van der Waals surface area contributed by atoms with Gasteiger partial charge in [-0.15, -0.1) is 0 Å². The van der Waals surface area contributed by atoms with Crippen molar-refractivity contribution in [2.75, 3.05) is 5.32 Å². The lowest BCUT2D eigenvalue weighted by molar-refractivity contribution is -0.120. The summed E-state index contributed by atoms with van der Waals surface area (Å²) in [4.78, 5) is 12.0. The fraction of sp³-hybridized carbons (Fsp3) is 0.500. The van der Waals surface area contributed by atoms with Crippen LogP contribution in [0, 0.1) is 5.92 Å². The Morgan fingerprint density at radius 1 is 1.24 bits per heavy atom. The maximum atomic E-state index is 12.0. The Morgan fingerprint density at radius 3 is 2.65 bits per heavy atom. The fourth-order valence-electron chi connectivity index (χ4n) is 2.38.